The SMILES string of the molecule is CCC(=O)CS(C)(C)OS(=O)(=O)c1ccc(C)cc1. The van der Waals surface area contributed by atoms with E-state index in [2.05, 4.69) is 0 Å². The van der Waals surface area contributed by atoms with E-state index in [0.29, 0.717) is 6.42 Å². The van der Waals surface area contributed by atoms with Gasteiger partial charge in [0.1, 0.15) is 5.78 Å². The second kappa shape index (κ2) is 6.07. The first-order chi connectivity index (χ1) is 8.66. The number of rotatable bonds is 6. The van der Waals surface area contributed by atoms with E-state index in [9.17, 15) is 13.2 Å². The molecule has 0 aliphatic carbocycles. The summed E-state index contributed by atoms with van der Waals surface area (Å²) in [6, 6.07) is 6.47. The Labute approximate surface area is 116 Å². The molecule has 0 radical (unpaired) electrons. The van der Waals surface area contributed by atoms with Gasteiger partial charge in [0.05, 0.1) is 10.6 Å². The monoisotopic (exact) mass is 304 g/mol. The van der Waals surface area contributed by atoms with Gasteiger partial charge >= 0.3 is 10.1 Å². The highest BCUT2D eigenvalue weighted by atomic mass is 32.3. The zero-order valence-electron chi connectivity index (χ0n) is 11.7. The van der Waals surface area contributed by atoms with Crippen molar-refractivity contribution in [2.24, 2.45) is 0 Å². The maximum atomic E-state index is 12.1. The summed E-state index contributed by atoms with van der Waals surface area (Å²) in [6.07, 6.45) is 3.77. The molecule has 0 atom stereocenters. The van der Waals surface area contributed by atoms with E-state index in [1.807, 2.05) is 6.92 Å². The molecule has 0 unspecified atom stereocenters. The second-order valence-electron chi connectivity index (χ2n) is 4.81. The molecule has 1 rings (SSSR count). The van der Waals surface area contributed by atoms with E-state index in [1.165, 1.54) is 12.1 Å². The Balaban J connectivity index is 2.90. The van der Waals surface area contributed by atoms with Gasteiger partial charge in [0.15, 0.2) is 0 Å². The van der Waals surface area contributed by atoms with E-state index in [4.69, 9.17) is 3.63 Å². The summed E-state index contributed by atoms with van der Waals surface area (Å²) >= 11 is 0. The quantitative estimate of drug-likeness (QED) is 0.810. The number of carbonyl (C=O) groups is 1. The molecule has 0 N–H and O–H groups in total. The number of benzene rings is 1. The molecule has 19 heavy (non-hydrogen) atoms. The number of hydrogen-bond donors (Lipinski definition) is 0. The molecule has 6 heteroatoms. The van der Waals surface area contributed by atoms with Crippen LogP contribution in [0, 0.1) is 6.92 Å². The molecule has 1 aromatic carbocycles. The first kappa shape index (κ1) is 16.2. The molecule has 0 aliphatic heterocycles. The third kappa shape index (κ3) is 4.97. The predicted molar refractivity (Wildman–Crippen MR) is 79.1 cm³/mol. The minimum absolute atomic E-state index is 0.0131. The Morgan fingerprint density at radius 1 is 1.16 bits per heavy atom. The first-order valence-electron chi connectivity index (χ1n) is 5.92. The van der Waals surface area contributed by atoms with Crippen molar-refractivity contribution in [3.05, 3.63) is 29.8 Å². The topological polar surface area (TPSA) is 60.4 Å². The van der Waals surface area contributed by atoms with E-state index >= 15 is 0 Å². The van der Waals surface area contributed by atoms with Crippen LogP contribution in [-0.2, 0) is 18.5 Å². The Bertz CT molecular complexity index is 545. The van der Waals surface area contributed by atoms with Gasteiger partial charge in [-0.3, -0.25) is 4.79 Å². The molecule has 0 amide bonds. The Kier molecular flexibility index (Phi) is 5.18. The summed E-state index contributed by atoms with van der Waals surface area (Å²) in [4.78, 5) is 11.6. The lowest BCUT2D eigenvalue weighted by Crippen LogP contribution is -2.17. The summed E-state index contributed by atoms with van der Waals surface area (Å²) in [6.45, 7) is 3.64. The minimum Gasteiger partial charge on any atom is -0.299 e. The molecule has 4 nitrogen and oxygen atoms in total. The van der Waals surface area contributed by atoms with Gasteiger partial charge in [0.2, 0.25) is 0 Å². The van der Waals surface area contributed by atoms with Crippen LogP contribution in [0.5, 0.6) is 0 Å². The van der Waals surface area contributed by atoms with Gasteiger partial charge in [-0.05, 0) is 31.6 Å². The predicted octanol–water partition coefficient (Wildman–Crippen LogP) is 2.66. The maximum Gasteiger partial charge on any atom is 0.306 e. The normalized spacial score (nSPS) is 13.3. The Morgan fingerprint density at radius 3 is 2.16 bits per heavy atom. The summed E-state index contributed by atoms with van der Waals surface area (Å²) in [5.74, 6) is 0.174. The molecule has 1 aromatic rings. The molecule has 0 spiro atoms. The molecular weight excluding hydrogens is 284 g/mol. The first-order valence-corrected chi connectivity index (χ1v) is 9.87. The van der Waals surface area contributed by atoms with Crippen molar-refractivity contribution in [2.45, 2.75) is 25.2 Å². The van der Waals surface area contributed by atoms with Gasteiger partial charge < -0.3 is 0 Å². The third-order valence-electron chi connectivity index (χ3n) is 2.49. The number of aryl methyl sites for hydroxylation is 1. The largest absolute Gasteiger partial charge is 0.306 e. The van der Waals surface area contributed by atoms with Crippen molar-refractivity contribution < 1.29 is 16.8 Å². The van der Waals surface area contributed by atoms with Crippen molar-refractivity contribution in [3.63, 3.8) is 0 Å². The average molecular weight is 304 g/mol. The molecule has 0 bridgehead atoms. The summed E-state index contributed by atoms with van der Waals surface area (Å²) < 4.78 is 29.5. The van der Waals surface area contributed by atoms with Crippen molar-refractivity contribution in [2.75, 3.05) is 18.3 Å². The molecule has 0 aromatic heterocycles. The fourth-order valence-corrected chi connectivity index (χ4v) is 5.40. The van der Waals surface area contributed by atoms with Crippen molar-refractivity contribution in [3.8, 4) is 0 Å². The second-order valence-corrected chi connectivity index (χ2v) is 9.89. The summed E-state index contributed by atoms with van der Waals surface area (Å²) in [5, 5.41) is 0. The zero-order valence-corrected chi connectivity index (χ0v) is 13.3. The van der Waals surface area contributed by atoms with Gasteiger partial charge in [-0.2, -0.15) is 8.42 Å². The van der Waals surface area contributed by atoms with Crippen LogP contribution in [0.15, 0.2) is 29.2 Å². The van der Waals surface area contributed by atoms with Crippen LogP contribution in [0.2, 0.25) is 0 Å². The van der Waals surface area contributed by atoms with E-state index in [-0.39, 0.29) is 16.4 Å². The highest BCUT2D eigenvalue weighted by Crippen LogP contribution is 2.44. The molecule has 0 heterocycles. The molecule has 0 saturated carbocycles. The lowest BCUT2D eigenvalue weighted by Gasteiger charge is -2.28. The van der Waals surface area contributed by atoms with Crippen LogP contribution >= 0.6 is 10.3 Å². The average Bonchev–Trinajstić information content (AvgIpc) is 2.27. The van der Waals surface area contributed by atoms with E-state index in [1.54, 1.807) is 31.6 Å². The maximum absolute atomic E-state index is 12.1. The number of ketones is 1. The van der Waals surface area contributed by atoms with E-state index < -0.39 is 20.4 Å². The molecule has 108 valence electrons. The van der Waals surface area contributed by atoms with Crippen molar-refractivity contribution in [1.82, 2.24) is 0 Å². The highest BCUT2D eigenvalue weighted by molar-refractivity contribution is 8.32. The van der Waals surface area contributed by atoms with Gasteiger partial charge in [-0.15, -0.1) is 10.3 Å². The lowest BCUT2D eigenvalue weighted by atomic mass is 10.2. The summed E-state index contributed by atoms with van der Waals surface area (Å²) in [7, 11) is -5.75. The van der Waals surface area contributed by atoms with Crippen LogP contribution in [0.4, 0.5) is 0 Å². The van der Waals surface area contributed by atoms with Crippen LogP contribution in [0.1, 0.15) is 18.9 Å². The standard InChI is InChI=1S/C13H20O4S2/c1-5-12(14)10-18(3,4)17-19(15,16)13-8-6-11(2)7-9-13/h6-9H,5,10H2,1-4H3. The molecule has 0 saturated heterocycles. The van der Waals surface area contributed by atoms with Crippen LogP contribution in [0.25, 0.3) is 0 Å². The fraction of sp³-hybridized carbons (Fsp3) is 0.462. The zero-order chi connectivity index (χ0) is 14.7. The van der Waals surface area contributed by atoms with Gasteiger partial charge in [-0.25, -0.2) is 3.63 Å². The van der Waals surface area contributed by atoms with Crippen LogP contribution < -0.4 is 0 Å². The Hall–Kier alpha value is -0.850. The Morgan fingerprint density at radius 2 is 1.68 bits per heavy atom. The number of hydrogen-bond acceptors (Lipinski definition) is 4. The smallest absolute Gasteiger partial charge is 0.299 e. The molecule has 0 fully saturated rings. The minimum atomic E-state index is -3.80. The van der Waals surface area contributed by atoms with Crippen molar-refractivity contribution in [1.29, 1.82) is 0 Å². The van der Waals surface area contributed by atoms with Crippen LogP contribution in [0.3, 0.4) is 0 Å². The van der Waals surface area contributed by atoms with Gasteiger partial charge in [-0.1, -0.05) is 24.6 Å². The fourth-order valence-electron chi connectivity index (χ4n) is 1.50. The van der Waals surface area contributed by atoms with Gasteiger partial charge in [0, 0.05) is 6.42 Å². The molecular formula is C13H20O4S2. The molecule has 0 aliphatic rings. The number of Topliss-reactive ketones (excluding diaryl/α,β-unsaturated/α-hetero) is 1. The highest BCUT2D eigenvalue weighted by Gasteiger charge is 2.26. The lowest BCUT2D eigenvalue weighted by molar-refractivity contribution is -0.116. The van der Waals surface area contributed by atoms with Crippen LogP contribution in [-0.4, -0.2) is 32.5 Å². The van der Waals surface area contributed by atoms with E-state index in [0.717, 1.165) is 5.56 Å². The van der Waals surface area contributed by atoms with Crippen molar-refractivity contribution >= 4 is 26.2 Å². The third-order valence-corrected chi connectivity index (χ3v) is 6.54. The van der Waals surface area contributed by atoms with Gasteiger partial charge in [0.25, 0.3) is 0 Å². The summed E-state index contributed by atoms with van der Waals surface area (Å²) in [5.41, 5.74) is 0.978. The number of carbonyl (C=O) groups excluding carboxylic acids is 1.